The Balaban J connectivity index is 1.58. The molecular weight excluding hydrogens is 212 g/mol. The number of nitrogens with one attached hydrogen (secondary N) is 2. The average Bonchev–Trinajstić information content (AvgIpc) is 2.77. The molecule has 17 heavy (non-hydrogen) atoms. The molecule has 0 aliphatic carbocycles. The van der Waals surface area contributed by atoms with Crippen LogP contribution in [0.1, 0.15) is 19.8 Å². The minimum absolute atomic E-state index is 0.284. The zero-order valence-corrected chi connectivity index (χ0v) is 10.5. The first-order valence-electron chi connectivity index (χ1n) is 6.42. The van der Waals surface area contributed by atoms with Crippen LogP contribution in [0, 0.1) is 0 Å². The van der Waals surface area contributed by atoms with Crippen LogP contribution in [-0.2, 0) is 0 Å². The summed E-state index contributed by atoms with van der Waals surface area (Å²) in [4.78, 5) is 0. The van der Waals surface area contributed by atoms with E-state index in [-0.39, 0.29) is 5.54 Å². The van der Waals surface area contributed by atoms with E-state index in [1.54, 1.807) is 0 Å². The van der Waals surface area contributed by atoms with Gasteiger partial charge in [-0.25, -0.2) is 0 Å². The maximum atomic E-state index is 5.65. The number of hydrogen-bond acceptors (Lipinski definition) is 3. The summed E-state index contributed by atoms with van der Waals surface area (Å²) in [6.07, 6.45) is 2.26. The lowest BCUT2D eigenvalue weighted by molar-refractivity contribution is 0.294. The standard InChI is InChI=1S/C14H22N2O/c1-14(8-10-15-12-14)16-9-5-11-17-13-6-3-2-4-7-13/h2-4,6-7,15-16H,5,8-12H2,1H3. The molecule has 94 valence electrons. The lowest BCUT2D eigenvalue weighted by Crippen LogP contribution is -2.44. The van der Waals surface area contributed by atoms with Gasteiger partial charge in [0.2, 0.25) is 0 Å². The van der Waals surface area contributed by atoms with Crippen molar-refractivity contribution in [2.75, 3.05) is 26.2 Å². The highest BCUT2D eigenvalue weighted by atomic mass is 16.5. The Kier molecular flexibility index (Phi) is 4.40. The molecule has 0 bridgehead atoms. The maximum Gasteiger partial charge on any atom is 0.119 e. The van der Waals surface area contributed by atoms with Gasteiger partial charge in [0.15, 0.2) is 0 Å². The van der Waals surface area contributed by atoms with Gasteiger partial charge in [-0.2, -0.15) is 0 Å². The third-order valence-electron chi connectivity index (χ3n) is 3.25. The smallest absolute Gasteiger partial charge is 0.119 e. The van der Waals surface area contributed by atoms with Crippen molar-refractivity contribution in [2.24, 2.45) is 0 Å². The summed E-state index contributed by atoms with van der Waals surface area (Å²) >= 11 is 0. The Bertz CT molecular complexity index is 320. The van der Waals surface area contributed by atoms with Gasteiger partial charge in [0.05, 0.1) is 6.61 Å². The van der Waals surface area contributed by atoms with E-state index in [0.29, 0.717) is 0 Å². The molecule has 0 spiro atoms. The normalized spacial score (nSPS) is 23.8. The molecule has 1 aromatic rings. The fourth-order valence-electron chi connectivity index (χ4n) is 2.14. The Hall–Kier alpha value is -1.06. The molecule has 0 amide bonds. The Morgan fingerprint density at radius 2 is 2.18 bits per heavy atom. The molecule has 1 heterocycles. The van der Waals surface area contributed by atoms with Crippen molar-refractivity contribution in [3.05, 3.63) is 30.3 Å². The minimum atomic E-state index is 0.284. The van der Waals surface area contributed by atoms with Crippen molar-refractivity contribution >= 4 is 0 Å². The molecule has 1 fully saturated rings. The van der Waals surface area contributed by atoms with Gasteiger partial charge < -0.3 is 15.4 Å². The van der Waals surface area contributed by atoms with Crippen molar-refractivity contribution in [3.63, 3.8) is 0 Å². The quantitative estimate of drug-likeness (QED) is 0.736. The van der Waals surface area contributed by atoms with Crippen molar-refractivity contribution < 1.29 is 4.74 Å². The fourth-order valence-corrected chi connectivity index (χ4v) is 2.14. The molecule has 1 aliphatic rings. The van der Waals surface area contributed by atoms with Gasteiger partial charge in [-0.3, -0.25) is 0 Å². The topological polar surface area (TPSA) is 33.3 Å². The van der Waals surface area contributed by atoms with E-state index in [1.165, 1.54) is 6.42 Å². The summed E-state index contributed by atoms with van der Waals surface area (Å²) in [5.41, 5.74) is 0.284. The zero-order valence-electron chi connectivity index (χ0n) is 10.5. The predicted octanol–water partition coefficient (Wildman–Crippen LogP) is 1.80. The van der Waals surface area contributed by atoms with Gasteiger partial charge in [0.25, 0.3) is 0 Å². The first-order chi connectivity index (χ1) is 8.29. The summed E-state index contributed by atoms with van der Waals surface area (Å²) in [6.45, 7) is 6.28. The third-order valence-corrected chi connectivity index (χ3v) is 3.25. The molecule has 3 nitrogen and oxygen atoms in total. The van der Waals surface area contributed by atoms with E-state index >= 15 is 0 Å². The molecule has 3 heteroatoms. The second-order valence-electron chi connectivity index (χ2n) is 4.93. The highest BCUT2D eigenvalue weighted by molar-refractivity contribution is 5.20. The summed E-state index contributed by atoms with van der Waals surface area (Å²) in [5.74, 6) is 0.959. The second-order valence-corrected chi connectivity index (χ2v) is 4.93. The van der Waals surface area contributed by atoms with Crippen molar-refractivity contribution in [2.45, 2.75) is 25.3 Å². The first-order valence-corrected chi connectivity index (χ1v) is 6.42. The van der Waals surface area contributed by atoms with Crippen molar-refractivity contribution in [3.8, 4) is 5.75 Å². The zero-order chi connectivity index (χ0) is 12.0. The van der Waals surface area contributed by atoms with Crippen LogP contribution in [0.2, 0.25) is 0 Å². The summed E-state index contributed by atoms with van der Waals surface area (Å²) < 4.78 is 5.65. The van der Waals surface area contributed by atoms with Crippen LogP contribution < -0.4 is 15.4 Å². The van der Waals surface area contributed by atoms with Gasteiger partial charge in [0.1, 0.15) is 5.75 Å². The van der Waals surface area contributed by atoms with E-state index in [2.05, 4.69) is 17.6 Å². The number of para-hydroxylation sites is 1. The monoisotopic (exact) mass is 234 g/mol. The molecule has 1 atom stereocenters. The van der Waals surface area contributed by atoms with Gasteiger partial charge >= 0.3 is 0 Å². The van der Waals surface area contributed by atoms with Gasteiger partial charge in [0, 0.05) is 12.1 Å². The SMILES string of the molecule is CC1(NCCCOc2ccccc2)CCNC1. The molecule has 2 N–H and O–H groups in total. The summed E-state index contributed by atoms with van der Waals surface area (Å²) in [6, 6.07) is 9.99. The number of ether oxygens (including phenoxy) is 1. The first kappa shape index (κ1) is 12.4. The molecular formula is C14H22N2O. The number of hydrogen-bond donors (Lipinski definition) is 2. The van der Waals surface area contributed by atoms with Crippen LogP contribution >= 0.6 is 0 Å². The summed E-state index contributed by atoms with van der Waals surface area (Å²) in [7, 11) is 0. The molecule has 0 radical (unpaired) electrons. The van der Waals surface area contributed by atoms with Crippen LogP contribution in [0.15, 0.2) is 30.3 Å². The van der Waals surface area contributed by atoms with Crippen LogP contribution in [0.5, 0.6) is 5.75 Å². The maximum absolute atomic E-state index is 5.65. The summed E-state index contributed by atoms with van der Waals surface area (Å²) in [5, 5.41) is 6.99. The second kappa shape index (κ2) is 6.03. The molecule has 1 aromatic carbocycles. The Morgan fingerprint density at radius 1 is 1.35 bits per heavy atom. The van der Waals surface area contributed by atoms with Crippen LogP contribution in [0.3, 0.4) is 0 Å². The van der Waals surface area contributed by atoms with Gasteiger partial charge in [-0.1, -0.05) is 18.2 Å². The Labute approximate surface area is 104 Å². The van der Waals surface area contributed by atoms with Gasteiger partial charge in [-0.15, -0.1) is 0 Å². The lowest BCUT2D eigenvalue weighted by Gasteiger charge is -2.24. The van der Waals surface area contributed by atoms with E-state index in [9.17, 15) is 0 Å². The lowest BCUT2D eigenvalue weighted by atomic mass is 10.0. The largest absolute Gasteiger partial charge is 0.494 e. The van der Waals surface area contributed by atoms with E-state index in [0.717, 1.165) is 38.4 Å². The molecule has 0 saturated carbocycles. The third kappa shape index (κ3) is 4.02. The van der Waals surface area contributed by atoms with E-state index in [4.69, 9.17) is 4.74 Å². The van der Waals surface area contributed by atoms with E-state index < -0.39 is 0 Å². The van der Waals surface area contributed by atoms with Crippen LogP contribution in [0.4, 0.5) is 0 Å². The molecule has 0 aromatic heterocycles. The Morgan fingerprint density at radius 3 is 2.88 bits per heavy atom. The molecule has 2 rings (SSSR count). The van der Waals surface area contributed by atoms with Crippen molar-refractivity contribution in [1.82, 2.24) is 10.6 Å². The highest BCUT2D eigenvalue weighted by Gasteiger charge is 2.26. The minimum Gasteiger partial charge on any atom is -0.494 e. The fraction of sp³-hybridized carbons (Fsp3) is 0.571. The molecule has 1 unspecified atom stereocenters. The number of rotatable bonds is 6. The van der Waals surface area contributed by atoms with E-state index in [1.807, 2.05) is 30.3 Å². The number of benzene rings is 1. The average molecular weight is 234 g/mol. The van der Waals surface area contributed by atoms with Crippen LogP contribution in [0.25, 0.3) is 0 Å². The van der Waals surface area contributed by atoms with Crippen molar-refractivity contribution in [1.29, 1.82) is 0 Å². The molecule has 1 saturated heterocycles. The highest BCUT2D eigenvalue weighted by Crippen LogP contribution is 2.13. The molecule has 1 aliphatic heterocycles. The predicted molar refractivity (Wildman–Crippen MR) is 70.4 cm³/mol. The van der Waals surface area contributed by atoms with Gasteiger partial charge in [-0.05, 0) is 45.0 Å². The van der Waals surface area contributed by atoms with Crippen LogP contribution in [-0.4, -0.2) is 31.8 Å².